The highest BCUT2D eigenvalue weighted by Crippen LogP contribution is 2.21. The van der Waals surface area contributed by atoms with Crippen molar-refractivity contribution in [2.45, 2.75) is 6.54 Å². The Morgan fingerprint density at radius 1 is 1.50 bits per heavy atom. The van der Waals surface area contributed by atoms with Crippen LogP contribution in [0, 0.1) is 0 Å². The molecule has 0 saturated heterocycles. The number of hydrogen-bond acceptors (Lipinski definition) is 4. The van der Waals surface area contributed by atoms with Crippen LogP contribution in [0.25, 0.3) is 0 Å². The zero-order chi connectivity index (χ0) is 13.0. The molecule has 0 atom stereocenters. The van der Waals surface area contributed by atoms with E-state index < -0.39 is 0 Å². The summed E-state index contributed by atoms with van der Waals surface area (Å²) in [4.78, 5) is 0.380. The van der Waals surface area contributed by atoms with Crippen LogP contribution >= 0.6 is 28.1 Å². The van der Waals surface area contributed by atoms with Crippen molar-refractivity contribution < 1.29 is 0 Å². The molecule has 0 spiro atoms. The Kier molecular flexibility index (Phi) is 4.27. The van der Waals surface area contributed by atoms with Crippen LogP contribution in [0.1, 0.15) is 5.56 Å². The third-order valence-electron chi connectivity index (χ3n) is 2.38. The SMILES string of the molecule is NC(=S)c1ccc(Br)cc1NCCn1ccnn1. The van der Waals surface area contributed by atoms with E-state index in [1.165, 1.54) is 0 Å². The molecule has 2 rings (SSSR count). The average molecular weight is 326 g/mol. The third kappa shape index (κ3) is 3.27. The van der Waals surface area contributed by atoms with Gasteiger partial charge in [-0.15, -0.1) is 5.10 Å². The van der Waals surface area contributed by atoms with E-state index in [0.717, 1.165) is 28.8 Å². The number of thiocarbonyl (C=S) groups is 1. The van der Waals surface area contributed by atoms with E-state index in [9.17, 15) is 0 Å². The van der Waals surface area contributed by atoms with Gasteiger partial charge in [-0.25, -0.2) is 0 Å². The normalized spacial score (nSPS) is 10.3. The van der Waals surface area contributed by atoms with Gasteiger partial charge in [0.2, 0.25) is 0 Å². The van der Waals surface area contributed by atoms with Gasteiger partial charge in [0.15, 0.2) is 0 Å². The Morgan fingerprint density at radius 3 is 3.00 bits per heavy atom. The zero-order valence-electron chi connectivity index (χ0n) is 9.51. The van der Waals surface area contributed by atoms with Crippen LogP contribution in [-0.4, -0.2) is 26.5 Å². The molecule has 7 heteroatoms. The van der Waals surface area contributed by atoms with Gasteiger partial charge < -0.3 is 11.1 Å². The molecule has 94 valence electrons. The highest BCUT2D eigenvalue weighted by molar-refractivity contribution is 9.10. The fourth-order valence-electron chi connectivity index (χ4n) is 1.53. The molecule has 0 aliphatic heterocycles. The summed E-state index contributed by atoms with van der Waals surface area (Å²) in [7, 11) is 0. The molecule has 0 unspecified atom stereocenters. The molecule has 0 saturated carbocycles. The van der Waals surface area contributed by atoms with Crippen molar-refractivity contribution in [3.8, 4) is 0 Å². The lowest BCUT2D eigenvalue weighted by atomic mass is 10.2. The van der Waals surface area contributed by atoms with E-state index in [1.807, 2.05) is 24.4 Å². The lowest BCUT2D eigenvalue weighted by Crippen LogP contribution is -2.16. The lowest BCUT2D eigenvalue weighted by Gasteiger charge is -2.11. The van der Waals surface area contributed by atoms with Crippen LogP contribution in [0.2, 0.25) is 0 Å². The number of anilines is 1. The topological polar surface area (TPSA) is 68.8 Å². The van der Waals surface area contributed by atoms with Crippen molar-refractivity contribution in [2.24, 2.45) is 5.73 Å². The average Bonchev–Trinajstić information content (AvgIpc) is 2.82. The van der Waals surface area contributed by atoms with Crippen molar-refractivity contribution in [1.82, 2.24) is 15.0 Å². The molecule has 0 radical (unpaired) electrons. The molecule has 3 N–H and O–H groups in total. The van der Waals surface area contributed by atoms with E-state index in [1.54, 1.807) is 10.9 Å². The van der Waals surface area contributed by atoms with Gasteiger partial charge in [0.05, 0.1) is 12.7 Å². The van der Waals surface area contributed by atoms with Crippen LogP contribution in [-0.2, 0) is 6.54 Å². The second-order valence-electron chi connectivity index (χ2n) is 3.65. The minimum atomic E-state index is 0.380. The number of nitrogens with zero attached hydrogens (tertiary/aromatic N) is 3. The maximum atomic E-state index is 5.68. The molecule has 1 heterocycles. The molecule has 0 amide bonds. The predicted octanol–water partition coefficient (Wildman–Crippen LogP) is 1.79. The molecule has 1 aromatic heterocycles. The molecule has 5 nitrogen and oxygen atoms in total. The molecular formula is C11H12BrN5S. The van der Waals surface area contributed by atoms with E-state index in [0.29, 0.717) is 4.99 Å². The van der Waals surface area contributed by atoms with Crippen molar-refractivity contribution in [2.75, 3.05) is 11.9 Å². The maximum absolute atomic E-state index is 5.68. The highest BCUT2D eigenvalue weighted by atomic mass is 79.9. The molecule has 1 aromatic carbocycles. The van der Waals surface area contributed by atoms with Crippen LogP contribution in [0.15, 0.2) is 35.1 Å². The van der Waals surface area contributed by atoms with Crippen LogP contribution in [0.4, 0.5) is 5.69 Å². The molecule has 0 bridgehead atoms. The summed E-state index contributed by atoms with van der Waals surface area (Å²) >= 11 is 8.44. The van der Waals surface area contributed by atoms with Gasteiger partial charge in [-0.2, -0.15) is 0 Å². The van der Waals surface area contributed by atoms with Crippen molar-refractivity contribution >= 4 is 38.8 Å². The summed E-state index contributed by atoms with van der Waals surface area (Å²) in [6.07, 6.45) is 3.47. The third-order valence-corrected chi connectivity index (χ3v) is 3.09. The predicted molar refractivity (Wildman–Crippen MR) is 78.5 cm³/mol. The molecule has 0 aliphatic rings. The number of aromatic nitrogens is 3. The van der Waals surface area contributed by atoms with Crippen LogP contribution < -0.4 is 11.1 Å². The second-order valence-corrected chi connectivity index (χ2v) is 5.00. The van der Waals surface area contributed by atoms with Gasteiger partial charge in [0, 0.05) is 28.5 Å². The summed E-state index contributed by atoms with van der Waals surface area (Å²) < 4.78 is 2.73. The van der Waals surface area contributed by atoms with Gasteiger partial charge in [-0.1, -0.05) is 33.4 Å². The van der Waals surface area contributed by atoms with Gasteiger partial charge in [0.1, 0.15) is 4.99 Å². The van der Waals surface area contributed by atoms with E-state index in [2.05, 4.69) is 31.6 Å². The number of benzene rings is 1. The Labute approximate surface area is 118 Å². The van der Waals surface area contributed by atoms with Gasteiger partial charge in [-0.3, -0.25) is 4.68 Å². The fraction of sp³-hybridized carbons (Fsp3) is 0.182. The first-order chi connectivity index (χ1) is 8.66. The first-order valence-electron chi connectivity index (χ1n) is 5.34. The molecule has 0 fully saturated rings. The molecule has 18 heavy (non-hydrogen) atoms. The van der Waals surface area contributed by atoms with E-state index in [4.69, 9.17) is 18.0 Å². The minimum absolute atomic E-state index is 0.380. The molecule has 0 aliphatic carbocycles. The van der Waals surface area contributed by atoms with Gasteiger partial charge in [-0.05, 0) is 18.2 Å². The first-order valence-corrected chi connectivity index (χ1v) is 6.54. The summed E-state index contributed by atoms with van der Waals surface area (Å²) in [5, 5.41) is 10.9. The van der Waals surface area contributed by atoms with Crippen molar-refractivity contribution in [3.63, 3.8) is 0 Å². The zero-order valence-corrected chi connectivity index (χ0v) is 11.9. The molecular weight excluding hydrogens is 314 g/mol. The number of rotatable bonds is 5. The van der Waals surface area contributed by atoms with Crippen molar-refractivity contribution in [1.29, 1.82) is 0 Å². The Hall–Kier alpha value is -1.47. The van der Waals surface area contributed by atoms with E-state index >= 15 is 0 Å². The Bertz CT molecular complexity index is 540. The Morgan fingerprint density at radius 2 is 2.33 bits per heavy atom. The van der Waals surface area contributed by atoms with Crippen molar-refractivity contribution in [3.05, 3.63) is 40.6 Å². The quantitative estimate of drug-likeness (QED) is 0.820. The second kappa shape index (κ2) is 5.92. The molecule has 2 aromatic rings. The first kappa shape index (κ1) is 13.0. The van der Waals surface area contributed by atoms with Crippen LogP contribution in [0.3, 0.4) is 0 Å². The van der Waals surface area contributed by atoms with Crippen LogP contribution in [0.5, 0.6) is 0 Å². The maximum Gasteiger partial charge on any atom is 0.106 e. The minimum Gasteiger partial charge on any atom is -0.389 e. The van der Waals surface area contributed by atoms with E-state index in [-0.39, 0.29) is 0 Å². The summed E-state index contributed by atoms with van der Waals surface area (Å²) in [6, 6.07) is 5.76. The number of hydrogen-bond donors (Lipinski definition) is 2. The summed E-state index contributed by atoms with van der Waals surface area (Å²) in [6.45, 7) is 1.44. The Balaban J connectivity index is 2.03. The van der Waals surface area contributed by atoms with Gasteiger partial charge >= 0.3 is 0 Å². The van der Waals surface area contributed by atoms with Gasteiger partial charge in [0.25, 0.3) is 0 Å². The monoisotopic (exact) mass is 325 g/mol. The number of nitrogens with one attached hydrogen (secondary N) is 1. The standard InChI is InChI=1S/C11H12BrN5S/c12-8-1-2-9(11(13)18)10(7-8)14-3-5-17-6-4-15-16-17/h1-2,4,6-7,14H,3,5H2,(H2,13,18). The summed E-state index contributed by atoms with van der Waals surface area (Å²) in [5.74, 6) is 0. The number of halogens is 1. The summed E-state index contributed by atoms with van der Waals surface area (Å²) in [5.41, 5.74) is 7.43. The fourth-order valence-corrected chi connectivity index (χ4v) is 2.07. The largest absolute Gasteiger partial charge is 0.389 e. The smallest absolute Gasteiger partial charge is 0.106 e. The highest BCUT2D eigenvalue weighted by Gasteiger charge is 2.05. The number of nitrogens with two attached hydrogens (primary N) is 1. The lowest BCUT2D eigenvalue weighted by molar-refractivity contribution is 0.609.